The Morgan fingerprint density at radius 3 is 2.31 bits per heavy atom. The standard InChI is InChI=1S/C26H27F6NO3/c1-15(24(34)35-2)23(16-6-7-16)17-4-3-5-20(11-17)36-21-13-33(14-21)12-18-10-19(25(27,28)29)8-9-22(18)26(30,31)32/h3-5,8-11,15-16,21,23H,6-7,12-14H2,1-2H3/t15-,23-/m0/s1. The van der Waals surface area contributed by atoms with Crippen LogP contribution in [0, 0.1) is 11.8 Å². The summed E-state index contributed by atoms with van der Waals surface area (Å²) in [5.74, 6) is 0.382. The van der Waals surface area contributed by atoms with E-state index in [9.17, 15) is 31.1 Å². The third-order valence-corrected chi connectivity index (χ3v) is 6.84. The van der Waals surface area contributed by atoms with Gasteiger partial charge in [0.05, 0.1) is 24.2 Å². The Morgan fingerprint density at radius 2 is 1.72 bits per heavy atom. The zero-order valence-corrected chi connectivity index (χ0v) is 19.8. The molecule has 4 rings (SSSR count). The Labute approximate surface area is 205 Å². The number of benzene rings is 2. The van der Waals surface area contributed by atoms with Crippen LogP contribution in [0.1, 0.15) is 47.9 Å². The van der Waals surface area contributed by atoms with Gasteiger partial charge in [-0.15, -0.1) is 0 Å². The van der Waals surface area contributed by atoms with E-state index in [1.807, 2.05) is 25.1 Å². The van der Waals surface area contributed by atoms with Gasteiger partial charge in [-0.1, -0.05) is 19.1 Å². The van der Waals surface area contributed by atoms with Crippen molar-refractivity contribution in [3.63, 3.8) is 0 Å². The predicted molar refractivity (Wildman–Crippen MR) is 119 cm³/mol. The third kappa shape index (κ3) is 5.96. The van der Waals surface area contributed by atoms with Crippen LogP contribution in [0.3, 0.4) is 0 Å². The average Bonchev–Trinajstić information content (AvgIpc) is 3.61. The lowest BCUT2D eigenvalue weighted by Gasteiger charge is -2.39. The molecule has 36 heavy (non-hydrogen) atoms. The van der Waals surface area contributed by atoms with E-state index < -0.39 is 29.0 Å². The van der Waals surface area contributed by atoms with Gasteiger partial charge < -0.3 is 9.47 Å². The number of alkyl halides is 6. The normalized spacial score (nSPS) is 18.9. The Kier molecular flexibility index (Phi) is 7.28. The van der Waals surface area contributed by atoms with Crippen molar-refractivity contribution in [3.8, 4) is 5.75 Å². The van der Waals surface area contributed by atoms with Crippen molar-refractivity contribution in [1.29, 1.82) is 0 Å². The summed E-state index contributed by atoms with van der Waals surface area (Å²) < 4.78 is 90.1. The van der Waals surface area contributed by atoms with Crippen LogP contribution in [0.15, 0.2) is 42.5 Å². The molecule has 1 saturated heterocycles. The number of likely N-dealkylation sites (tertiary alicyclic amines) is 1. The molecular formula is C26H27F6NO3. The van der Waals surface area contributed by atoms with Gasteiger partial charge in [0.25, 0.3) is 0 Å². The van der Waals surface area contributed by atoms with E-state index in [2.05, 4.69) is 0 Å². The molecule has 1 heterocycles. The van der Waals surface area contributed by atoms with Gasteiger partial charge in [0.15, 0.2) is 0 Å². The fourth-order valence-electron chi connectivity index (χ4n) is 4.89. The maximum Gasteiger partial charge on any atom is 0.416 e. The van der Waals surface area contributed by atoms with Gasteiger partial charge in [-0.2, -0.15) is 26.3 Å². The number of methoxy groups -OCH3 is 1. The maximum atomic E-state index is 13.4. The van der Waals surface area contributed by atoms with Crippen LogP contribution >= 0.6 is 0 Å². The lowest BCUT2D eigenvalue weighted by molar-refractivity contribution is -0.146. The molecule has 2 aromatic carbocycles. The molecule has 196 valence electrons. The zero-order valence-electron chi connectivity index (χ0n) is 19.8. The maximum absolute atomic E-state index is 13.4. The van der Waals surface area contributed by atoms with Gasteiger partial charge in [-0.3, -0.25) is 9.69 Å². The fourth-order valence-corrected chi connectivity index (χ4v) is 4.89. The second-order valence-electron chi connectivity index (χ2n) is 9.55. The number of nitrogens with zero attached hydrogens (tertiary/aromatic N) is 1. The molecule has 0 bridgehead atoms. The first-order valence-corrected chi connectivity index (χ1v) is 11.7. The quantitative estimate of drug-likeness (QED) is 0.306. The van der Waals surface area contributed by atoms with Gasteiger partial charge in [-0.05, 0) is 66.1 Å². The van der Waals surface area contributed by atoms with Crippen LogP contribution in [0.2, 0.25) is 0 Å². The monoisotopic (exact) mass is 515 g/mol. The van der Waals surface area contributed by atoms with Crippen LogP contribution < -0.4 is 4.74 Å². The fraction of sp³-hybridized carbons (Fsp3) is 0.500. The van der Waals surface area contributed by atoms with E-state index in [-0.39, 0.29) is 43.5 Å². The van der Waals surface area contributed by atoms with E-state index >= 15 is 0 Å². The van der Waals surface area contributed by atoms with E-state index in [0.29, 0.717) is 29.9 Å². The number of esters is 1. The van der Waals surface area contributed by atoms with Crippen molar-refractivity contribution in [2.75, 3.05) is 20.2 Å². The third-order valence-electron chi connectivity index (χ3n) is 6.84. The number of hydrogen-bond donors (Lipinski definition) is 0. The van der Waals surface area contributed by atoms with Gasteiger partial charge in [0.1, 0.15) is 11.9 Å². The van der Waals surface area contributed by atoms with Crippen LogP contribution in [-0.2, 0) is 28.4 Å². The van der Waals surface area contributed by atoms with E-state index in [1.54, 1.807) is 11.0 Å². The minimum Gasteiger partial charge on any atom is -0.488 e. The molecule has 2 atom stereocenters. The molecule has 0 N–H and O–H groups in total. The lowest BCUT2D eigenvalue weighted by atomic mass is 9.83. The highest BCUT2D eigenvalue weighted by atomic mass is 19.4. The summed E-state index contributed by atoms with van der Waals surface area (Å²) in [7, 11) is 1.36. The minimum atomic E-state index is -4.75. The number of carbonyl (C=O) groups is 1. The summed E-state index contributed by atoms with van der Waals surface area (Å²) in [4.78, 5) is 13.7. The topological polar surface area (TPSA) is 38.8 Å². The summed E-state index contributed by atoms with van der Waals surface area (Å²) in [5.41, 5.74) is -1.63. The number of halogens is 6. The predicted octanol–water partition coefficient (Wildman–Crippen LogP) is 6.29. The summed E-state index contributed by atoms with van der Waals surface area (Å²) in [5, 5.41) is 0. The molecule has 0 aromatic heterocycles. The summed E-state index contributed by atoms with van der Waals surface area (Å²) >= 11 is 0. The van der Waals surface area contributed by atoms with Gasteiger partial charge >= 0.3 is 18.3 Å². The SMILES string of the molecule is COC(=O)[C@@H](C)[C@H](c1cccc(OC2CN(Cc3cc(C(F)(F)F)ccc3C(F)(F)F)C2)c1)C1CC1. The number of rotatable bonds is 8. The highest BCUT2D eigenvalue weighted by Crippen LogP contribution is 2.47. The van der Waals surface area contributed by atoms with Crippen molar-refractivity contribution in [3.05, 3.63) is 64.7 Å². The Hall–Kier alpha value is -2.75. The first kappa shape index (κ1) is 26.3. The zero-order chi connectivity index (χ0) is 26.3. The van der Waals surface area contributed by atoms with Crippen molar-refractivity contribution >= 4 is 5.97 Å². The first-order chi connectivity index (χ1) is 16.9. The molecule has 10 heteroatoms. The molecule has 2 aromatic rings. The highest BCUT2D eigenvalue weighted by Gasteiger charge is 2.40. The minimum absolute atomic E-state index is 0.000544. The molecule has 1 aliphatic carbocycles. The number of hydrogen-bond acceptors (Lipinski definition) is 4. The summed E-state index contributed by atoms with van der Waals surface area (Å²) in [6.07, 6.45) is -7.72. The Bertz CT molecular complexity index is 1090. The van der Waals surface area contributed by atoms with E-state index in [1.165, 1.54) is 7.11 Å². The second kappa shape index (κ2) is 9.95. The molecule has 0 spiro atoms. The van der Waals surface area contributed by atoms with Crippen molar-refractivity contribution in [2.45, 2.75) is 50.7 Å². The molecule has 0 unspecified atom stereocenters. The Morgan fingerprint density at radius 1 is 1.03 bits per heavy atom. The molecule has 0 amide bonds. The van der Waals surface area contributed by atoms with Crippen molar-refractivity contribution in [2.24, 2.45) is 11.8 Å². The average molecular weight is 515 g/mol. The number of carbonyl (C=O) groups excluding carboxylic acids is 1. The molecule has 1 saturated carbocycles. The molecule has 2 aliphatic rings. The molecule has 0 radical (unpaired) electrons. The lowest BCUT2D eigenvalue weighted by Crippen LogP contribution is -2.53. The number of ether oxygens (including phenoxy) is 2. The smallest absolute Gasteiger partial charge is 0.416 e. The van der Waals surface area contributed by atoms with Crippen LogP contribution in [0.25, 0.3) is 0 Å². The highest BCUT2D eigenvalue weighted by molar-refractivity contribution is 5.73. The van der Waals surface area contributed by atoms with Gasteiger partial charge in [0, 0.05) is 19.6 Å². The molecule has 1 aliphatic heterocycles. The molecule has 2 fully saturated rings. The molecule has 4 nitrogen and oxygen atoms in total. The van der Waals surface area contributed by atoms with Crippen LogP contribution in [-0.4, -0.2) is 37.2 Å². The molecular weight excluding hydrogens is 488 g/mol. The van der Waals surface area contributed by atoms with E-state index in [4.69, 9.17) is 9.47 Å². The van der Waals surface area contributed by atoms with Crippen molar-refractivity contribution in [1.82, 2.24) is 4.90 Å². The summed E-state index contributed by atoms with van der Waals surface area (Å²) in [6, 6.07) is 8.93. The Balaban J connectivity index is 1.41. The van der Waals surface area contributed by atoms with Gasteiger partial charge in [0.2, 0.25) is 0 Å². The van der Waals surface area contributed by atoms with Crippen LogP contribution in [0.5, 0.6) is 5.75 Å². The summed E-state index contributed by atoms with van der Waals surface area (Å²) in [6.45, 7) is 2.14. The van der Waals surface area contributed by atoms with Crippen LogP contribution in [0.4, 0.5) is 26.3 Å². The van der Waals surface area contributed by atoms with E-state index in [0.717, 1.165) is 18.4 Å². The first-order valence-electron chi connectivity index (χ1n) is 11.7. The largest absolute Gasteiger partial charge is 0.488 e. The van der Waals surface area contributed by atoms with Gasteiger partial charge in [-0.25, -0.2) is 0 Å². The second-order valence-corrected chi connectivity index (χ2v) is 9.55. The van der Waals surface area contributed by atoms with Crippen molar-refractivity contribution < 1.29 is 40.6 Å².